The van der Waals surface area contributed by atoms with Crippen molar-refractivity contribution < 1.29 is 0 Å². The van der Waals surface area contributed by atoms with E-state index in [1.807, 2.05) is 24.7 Å². The predicted octanol–water partition coefficient (Wildman–Crippen LogP) is 13.7. The average molecular weight is 719 g/mol. The molecule has 0 saturated carbocycles. The van der Waals surface area contributed by atoms with Gasteiger partial charge in [-0.2, -0.15) is 0 Å². The summed E-state index contributed by atoms with van der Waals surface area (Å²) in [6.45, 7) is 3.03. The van der Waals surface area contributed by atoms with Crippen LogP contribution < -0.4 is 0 Å². The third-order valence-corrected chi connectivity index (χ3v) is 11.9. The summed E-state index contributed by atoms with van der Waals surface area (Å²) in [5.41, 5.74) is 13.9. The van der Waals surface area contributed by atoms with Gasteiger partial charge in [-0.1, -0.05) is 152 Å². The summed E-state index contributed by atoms with van der Waals surface area (Å²) in [6, 6.07) is 44.9. The number of nitrogens with zero attached hydrogens (tertiary/aromatic N) is 2. The number of aliphatic imine (C=N–C) groups is 1. The highest BCUT2D eigenvalue weighted by Gasteiger charge is 2.20. The largest absolute Gasteiger partial charge is 0.292 e. The molecule has 6 aromatic carbocycles. The summed E-state index contributed by atoms with van der Waals surface area (Å²) in [4.78, 5) is 9.02. The van der Waals surface area contributed by atoms with Crippen LogP contribution in [0, 0.1) is 6.92 Å². The minimum Gasteiger partial charge on any atom is -0.292 e. The summed E-state index contributed by atoms with van der Waals surface area (Å²) in [7, 11) is 0. The van der Waals surface area contributed by atoms with Crippen molar-refractivity contribution in [2.24, 2.45) is 4.99 Å². The van der Waals surface area contributed by atoms with Crippen LogP contribution in [0.4, 0.5) is 0 Å². The van der Waals surface area contributed by atoms with Gasteiger partial charge in [-0.15, -0.1) is 0 Å². The van der Waals surface area contributed by atoms with Gasteiger partial charge in [-0.25, -0.2) is 0 Å². The number of hydrogen-bond donors (Lipinski definition) is 0. The summed E-state index contributed by atoms with van der Waals surface area (Å²) >= 11 is 0. The van der Waals surface area contributed by atoms with Crippen molar-refractivity contribution in [1.29, 1.82) is 0 Å². The van der Waals surface area contributed by atoms with Gasteiger partial charge in [0.05, 0.1) is 6.54 Å². The Labute approximate surface area is 329 Å². The van der Waals surface area contributed by atoms with Crippen LogP contribution in [0.3, 0.4) is 0 Å². The molecule has 2 heteroatoms. The predicted molar refractivity (Wildman–Crippen MR) is 238 cm³/mol. The van der Waals surface area contributed by atoms with Crippen LogP contribution in [0.15, 0.2) is 198 Å². The van der Waals surface area contributed by atoms with Gasteiger partial charge in [-0.3, -0.25) is 9.98 Å². The second-order valence-corrected chi connectivity index (χ2v) is 15.2. The van der Waals surface area contributed by atoms with E-state index in [2.05, 4.69) is 181 Å². The molecule has 2 nitrogen and oxygen atoms in total. The lowest BCUT2D eigenvalue weighted by atomic mass is 9.82. The van der Waals surface area contributed by atoms with Crippen LogP contribution in [0.2, 0.25) is 0 Å². The van der Waals surface area contributed by atoms with Crippen LogP contribution >= 0.6 is 0 Å². The van der Waals surface area contributed by atoms with Gasteiger partial charge >= 0.3 is 0 Å². The Morgan fingerprint density at radius 3 is 2.14 bits per heavy atom. The SMILES string of the molecule is Cc1c(-c2ccc3c4ccccc4c4ccccc4c3c2)cccc1C1C=C(c2cccc(C3C=CC(C4=CCC=NC4)=CC(c4cccnc4)=C3)c2)C=CC1. The topological polar surface area (TPSA) is 25.2 Å². The summed E-state index contributed by atoms with van der Waals surface area (Å²) in [6.07, 6.45) is 26.4. The van der Waals surface area contributed by atoms with Crippen LogP contribution in [0.1, 0.15) is 52.5 Å². The lowest BCUT2D eigenvalue weighted by Crippen LogP contribution is -2.03. The van der Waals surface area contributed by atoms with E-state index in [1.54, 1.807) is 0 Å². The Balaban J connectivity index is 0.987. The molecule has 2 unspecified atom stereocenters. The minimum atomic E-state index is 0.117. The molecule has 1 aliphatic heterocycles. The Hall–Kier alpha value is -6.64. The van der Waals surface area contributed by atoms with Gasteiger partial charge in [0.15, 0.2) is 0 Å². The molecule has 0 bridgehead atoms. The molecular weight excluding hydrogens is 677 g/mol. The molecule has 0 N–H and O–H groups in total. The van der Waals surface area contributed by atoms with Crippen LogP contribution in [-0.4, -0.2) is 17.7 Å². The molecule has 56 heavy (non-hydrogen) atoms. The van der Waals surface area contributed by atoms with Crippen molar-refractivity contribution in [3.05, 3.63) is 221 Å². The van der Waals surface area contributed by atoms with Crippen molar-refractivity contribution >= 4 is 49.7 Å². The normalized spacial score (nSPS) is 18.1. The molecule has 0 saturated heterocycles. The Bertz CT molecular complexity index is 2860. The third-order valence-electron chi connectivity index (χ3n) is 11.9. The number of allylic oxidation sites excluding steroid dienone is 10. The lowest BCUT2D eigenvalue weighted by molar-refractivity contribution is 0.849. The molecule has 0 radical (unpaired) electrons. The molecule has 2 aliphatic carbocycles. The van der Waals surface area contributed by atoms with Gasteiger partial charge in [0.1, 0.15) is 0 Å². The van der Waals surface area contributed by atoms with E-state index in [-0.39, 0.29) is 11.8 Å². The molecule has 0 fully saturated rings. The Morgan fingerprint density at radius 1 is 0.607 bits per heavy atom. The Kier molecular flexibility index (Phi) is 8.80. The fraction of sp³-hybridized carbons (Fsp3) is 0.111. The van der Waals surface area contributed by atoms with E-state index in [0.29, 0.717) is 0 Å². The van der Waals surface area contributed by atoms with E-state index >= 15 is 0 Å². The standard InChI is InChI=1S/C54H42N2/c1-36-47(21-8-22-48(36)43-25-26-53-51-19-3-2-17-49(51)50-18-4-5-20-52(50)54(53)33-43)42-14-7-13-39(30-42)37-11-6-12-38(29-37)40-23-24-41(44-15-9-27-55-34-44)32-46(31-40)45-16-10-28-56-35-45/h2-8,10-13,15-33,35,40,42H,9,14,34H2,1H3. The van der Waals surface area contributed by atoms with Crippen molar-refractivity contribution in [3.63, 3.8) is 0 Å². The molecule has 2 atom stereocenters. The first kappa shape index (κ1) is 33.9. The maximum Gasteiger partial charge on any atom is 0.0638 e. The molecule has 1 aromatic heterocycles. The van der Waals surface area contributed by atoms with E-state index < -0.39 is 0 Å². The molecular formula is C54H42N2. The van der Waals surface area contributed by atoms with E-state index in [1.165, 1.54) is 88.0 Å². The zero-order chi connectivity index (χ0) is 37.4. The second kappa shape index (κ2) is 14.5. The summed E-state index contributed by atoms with van der Waals surface area (Å²) in [5.74, 6) is 0.406. The molecule has 0 spiro atoms. The fourth-order valence-corrected chi connectivity index (χ4v) is 9.01. The Morgan fingerprint density at radius 2 is 1.38 bits per heavy atom. The number of aromatic nitrogens is 1. The average Bonchev–Trinajstić information content (AvgIpc) is 3.51. The number of fused-ring (bicyclic) bond motifs is 6. The van der Waals surface area contributed by atoms with Gasteiger partial charge in [0, 0.05) is 36.9 Å². The highest BCUT2D eigenvalue weighted by molar-refractivity contribution is 6.25. The fourth-order valence-electron chi connectivity index (χ4n) is 9.01. The first-order valence-corrected chi connectivity index (χ1v) is 19.8. The van der Waals surface area contributed by atoms with Gasteiger partial charge in [-0.05, 0) is 125 Å². The summed E-state index contributed by atoms with van der Waals surface area (Å²) in [5, 5.41) is 7.85. The maximum absolute atomic E-state index is 4.57. The van der Waals surface area contributed by atoms with E-state index in [9.17, 15) is 0 Å². The van der Waals surface area contributed by atoms with Crippen LogP contribution in [0.25, 0.3) is 54.6 Å². The second-order valence-electron chi connectivity index (χ2n) is 15.2. The van der Waals surface area contributed by atoms with Crippen LogP contribution in [-0.2, 0) is 0 Å². The van der Waals surface area contributed by atoms with Crippen LogP contribution in [0.5, 0.6) is 0 Å². The van der Waals surface area contributed by atoms with Gasteiger partial charge in [0.2, 0.25) is 0 Å². The van der Waals surface area contributed by atoms with Crippen molar-refractivity contribution in [1.82, 2.24) is 4.98 Å². The smallest absolute Gasteiger partial charge is 0.0638 e. The van der Waals surface area contributed by atoms with Gasteiger partial charge in [0.25, 0.3) is 0 Å². The van der Waals surface area contributed by atoms with Crippen molar-refractivity contribution in [3.8, 4) is 11.1 Å². The molecule has 3 aliphatic rings. The minimum absolute atomic E-state index is 0.117. The monoisotopic (exact) mass is 718 g/mol. The highest BCUT2D eigenvalue weighted by atomic mass is 14.7. The molecule has 0 amide bonds. The molecule has 7 aromatic rings. The number of pyridine rings is 1. The van der Waals surface area contributed by atoms with E-state index in [0.717, 1.165) is 24.9 Å². The number of benzene rings is 6. The highest BCUT2D eigenvalue weighted by Crippen LogP contribution is 2.41. The molecule has 268 valence electrons. The first-order valence-electron chi connectivity index (χ1n) is 19.8. The van der Waals surface area contributed by atoms with Crippen molar-refractivity contribution in [2.45, 2.75) is 31.6 Å². The zero-order valence-electron chi connectivity index (χ0n) is 31.6. The molecule has 10 rings (SSSR count). The van der Waals surface area contributed by atoms with Crippen molar-refractivity contribution in [2.75, 3.05) is 6.54 Å². The lowest BCUT2D eigenvalue weighted by Gasteiger charge is -2.22. The van der Waals surface area contributed by atoms with E-state index in [4.69, 9.17) is 0 Å². The zero-order valence-corrected chi connectivity index (χ0v) is 31.6. The maximum atomic E-state index is 4.57. The number of rotatable bonds is 6. The number of dihydropyridines is 1. The van der Waals surface area contributed by atoms with Gasteiger partial charge < -0.3 is 0 Å². The number of hydrogen-bond acceptors (Lipinski definition) is 2. The first-order chi connectivity index (χ1) is 27.7. The molecule has 2 heterocycles. The third kappa shape index (κ3) is 6.28. The summed E-state index contributed by atoms with van der Waals surface area (Å²) < 4.78 is 0. The quantitative estimate of drug-likeness (QED) is 0.157.